The number of alkyl halides is 3. The maximum Gasteiger partial charge on any atom is 0.416 e. The number of aryl methyl sites for hydroxylation is 1. The van der Waals surface area contributed by atoms with Gasteiger partial charge in [-0.2, -0.15) is 13.2 Å². The molecule has 0 spiro atoms. The fourth-order valence-electron chi connectivity index (χ4n) is 3.02. The zero-order valence-electron chi connectivity index (χ0n) is 16.0. The van der Waals surface area contributed by atoms with Crippen molar-refractivity contribution in [3.8, 4) is 17.1 Å². The number of para-hydroxylation sites is 1. The number of hydrogen-bond donors (Lipinski definition) is 0. The molecule has 0 unspecified atom stereocenters. The van der Waals surface area contributed by atoms with Crippen LogP contribution in [-0.4, -0.2) is 19.7 Å². The summed E-state index contributed by atoms with van der Waals surface area (Å²) in [6, 6.07) is 16.8. The first-order valence-electron chi connectivity index (χ1n) is 9.14. The van der Waals surface area contributed by atoms with Gasteiger partial charge in [0.25, 0.3) is 0 Å². The van der Waals surface area contributed by atoms with E-state index in [0.717, 1.165) is 34.5 Å². The van der Waals surface area contributed by atoms with Crippen LogP contribution in [0.5, 0.6) is 0 Å². The summed E-state index contributed by atoms with van der Waals surface area (Å²) in [6.45, 7) is 2.01. The van der Waals surface area contributed by atoms with Crippen LogP contribution in [0.25, 0.3) is 17.1 Å². The molecule has 0 amide bonds. The number of aromatic nitrogens is 4. The van der Waals surface area contributed by atoms with Gasteiger partial charge in [-0.15, -0.1) is 10.2 Å². The molecule has 0 bridgehead atoms. The normalized spacial score (nSPS) is 11.6. The van der Waals surface area contributed by atoms with Crippen molar-refractivity contribution in [3.63, 3.8) is 0 Å². The molecule has 4 rings (SSSR count). The fraction of sp³-hybridized carbons (Fsp3) is 0.136. The molecule has 4 aromatic rings. The quantitative estimate of drug-likeness (QED) is 0.370. The van der Waals surface area contributed by atoms with Crippen molar-refractivity contribution in [2.75, 3.05) is 0 Å². The van der Waals surface area contributed by atoms with Crippen LogP contribution < -0.4 is 0 Å². The maximum atomic E-state index is 12.8. The summed E-state index contributed by atoms with van der Waals surface area (Å²) in [7, 11) is 0. The largest absolute Gasteiger partial charge is 0.416 e. The zero-order chi connectivity index (χ0) is 21.1. The number of thioether (sulfide) groups is 1. The van der Waals surface area contributed by atoms with Gasteiger partial charge in [0.05, 0.1) is 11.3 Å². The van der Waals surface area contributed by atoms with Crippen LogP contribution in [0.15, 0.2) is 78.2 Å². The summed E-state index contributed by atoms with van der Waals surface area (Å²) in [6.07, 6.45) is -0.946. The molecule has 0 fully saturated rings. The van der Waals surface area contributed by atoms with Gasteiger partial charge in [0.2, 0.25) is 0 Å². The highest BCUT2D eigenvalue weighted by Crippen LogP contribution is 2.32. The molecule has 0 saturated carbocycles. The third-order valence-electron chi connectivity index (χ3n) is 4.58. The Morgan fingerprint density at radius 3 is 2.27 bits per heavy atom. The number of benzene rings is 2. The lowest BCUT2D eigenvalue weighted by molar-refractivity contribution is -0.137. The van der Waals surface area contributed by atoms with Gasteiger partial charge in [0.1, 0.15) is 0 Å². The van der Waals surface area contributed by atoms with Crippen LogP contribution in [-0.2, 0) is 11.9 Å². The summed E-state index contributed by atoms with van der Waals surface area (Å²) in [4.78, 5) is 4.06. The molecule has 4 nitrogen and oxygen atoms in total. The van der Waals surface area contributed by atoms with E-state index in [2.05, 4.69) is 15.2 Å². The first-order chi connectivity index (χ1) is 14.4. The van der Waals surface area contributed by atoms with Crippen LogP contribution >= 0.6 is 11.8 Å². The van der Waals surface area contributed by atoms with Gasteiger partial charge in [0, 0.05) is 23.7 Å². The molecule has 0 radical (unpaired) electrons. The molecule has 2 aromatic carbocycles. The van der Waals surface area contributed by atoms with Gasteiger partial charge >= 0.3 is 6.18 Å². The van der Waals surface area contributed by atoms with E-state index in [9.17, 15) is 13.2 Å². The second-order valence-electron chi connectivity index (χ2n) is 6.65. The number of pyridine rings is 1. The van der Waals surface area contributed by atoms with Crippen LogP contribution in [0.1, 0.15) is 16.7 Å². The summed E-state index contributed by atoms with van der Waals surface area (Å²) in [5, 5.41) is 9.40. The molecule has 152 valence electrons. The third kappa shape index (κ3) is 4.23. The van der Waals surface area contributed by atoms with E-state index in [1.165, 1.54) is 23.9 Å². The summed E-state index contributed by atoms with van der Waals surface area (Å²) in [5.41, 5.74) is 3.01. The molecule has 0 N–H and O–H groups in total. The molecule has 0 aliphatic heterocycles. The van der Waals surface area contributed by atoms with Crippen molar-refractivity contribution < 1.29 is 13.2 Å². The lowest BCUT2D eigenvalue weighted by atomic mass is 10.1. The first-order valence-corrected chi connectivity index (χ1v) is 10.1. The van der Waals surface area contributed by atoms with Crippen LogP contribution in [0, 0.1) is 6.92 Å². The number of nitrogens with zero attached hydrogens (tertiary/aromatic N) is 4. The lowest BCUT2D eigenvalue weighted by Gasteiger charge is -2.13. The predicted molar refractivity (Wildman–Crippen MR) is 110 cm³/mol. The minimum absolute atomic E-state index is 0.471. The Hall–Kier alpha value is -3.13. The second-order valence-corrected chi connectivity index (χ2v) is 7.59. The summed E-state index contributed by atoms with van der Waals surface area (Å²) in [5.74, 6) is 1.15. The Morgan fingerprint density at radius 2 is 1.60 bits per heavy atom. The molecule has 2 heterocycles. The van der Waals surface area contributed by atoms with Gasteiger partial charge in [0.15, 0.2) is 11.0 Å². The fourth-order valence-corrected chi connectivity index (χ4v) is 3.92. The SMILES string of the molecule is Cc1ccccc1-n1c(SCc2ccc(C(F)(F)F)cc2)nnc1-c1ccncc1. The second kappa shape index (κ2) is 8.31. The Bertz CT molecular complexity index is 1140. The van der Waals surface area contributed by atoms with E-state index in [1.54, 1.807) is 12.4 Å². The number of halogens is 3. The highest BCUT2D eigenvalue weighted by molar-refractivity contribution is 7.98. The van der Waals surface area contributed by atoms with Gasteiger partial charge in [-0.25, -0.2) is 0 Å². The van der Waals surface area contributed by atoms with Crippen molar-refractivity contribution in [1.29, 1.82) is 0 Å². The van der Waals surface area contributed by atoms with Crippen molar-refractivity contribution >= 4 is 11.8 Å². The van der Waals surface area contributed by atoms with Crippen LogP contribution in [0.4, 0.5) is 13.2 Å². The van der Waals surface area contributed by atoms with E-state index in [1.807, 2.05) is 47.9 Å². The Balaban J connectivity index is 1.67. The van der Waals surface area contributed by atoms with E-state index >= 15 is 0 Å². The van der Waals surface area contributed by atoms with Gasteiger partial charge < -0.3 is 0 Å². The van der Waals surface area contributed by atoms with Crippen molar-refractivity contribution in [3.05, 3.63) is 89.7 Å². The molecule has 0 aliphatic carbocycles. The van der Waals surface area contributed by atoms with Crippen LogP contribution in [0.2, 0.25) is 0 Å². The Morgan fingerprint density at radius 1 is 0.900 bits per heavy atom. The van der Waals surface area contributed by atoms with Crippen molar-refractivity contribution in [2.24, 2.45) is 0 Å². The minimum Gasteiger partial charge on any atom is -0.270 e. The number of hydrogen-bond acceptors (Lipinski definition) is 4. The minimum atomic E-state index is -4.34. The molecule has 0 aliphatic rings. The average molecular weight is 426 g/mol. The lowest BCUT2D eigenvalue weighted by Crippen LogP contribution is -2.04. The molecular formula is C22H17F3N4S. The van der Waals surface area contributed by atoms with Crippen molar-refractivity contribution in [2.45, 2.75) is 24.0 Å². The molecular weight excluding hydrogens is 409 g/mol. The Labute approximate surface area is 175 Å². The number of rotatable bonds is 5. The highest BCUT2D eigenvalue weighted by atomic mass is 32.2. The van der Waals surface area contributed by atoms with Crippen molar-refractivity contribution in [1.82, 2.24) is 19.7 Å². The van der Waals surface area contributed by atoms with E-state index in [4.69, 9.17) is 0 Å². The summed E-state index contributed by atoms with van der Waals surface area (Å²) >= 11 is 1.43. The van der Waals surface area contributed by atoms with E-state index in [0.29, 0.717) is 16.7 Å². The van der Waals surface area contributed by atoms with Gasteiger partial charge in [-0.1, -0.05) is 42.1 Å². The van der Waals surface area contributed by atoms with E-state index < -0.39 is 11.7 Å². The highest BCUT2D eigenvalue weighted by Gasteiger charge is 2.30. The smallest absolute Gasteiger partial charge is 0.270 e. The maximum absolute atomic E-state index is 12.8. The topological polar surface area (TPSA) is 43.6 Å². The average Bonchev–Trinajstić information content (AvgIpc) is 3.16. The van der Waals surface area contributed by atoms with Gasteiger partial charge in [-0.3, -0.25) is 9.55 Å². The molecule has 0 saturated heterocycles. The predicted octanol–water partition coefficient (Wildman–Crippen LogP) is 5.95. The zero-order valence-corrected chi connectivity index (χ0v) is 16.8. The Kier molecular flexibility index (Phi) is 5.59. The van der Waals surface area contributed by atoms with E-state index in [-0.39, 0.29) is 0 Å². The standard InChI is InChI=1S/C22H17F3N4S/c1-15-4-2-3-5-19(15)29-20(17-10-12-26-13-11-17)27-28-21(29)30-14-16-6-8-18(9-7-16)22(23,24)25/h2-13H,14H2,1H3. The first kappa shape index (κ1) is 20.2. The third-order valence-corrected chi connectivity index (χ3v) is 5.58. The molecule has 30 heavy (non-hydrogen) atoms. The molecule has 8 heteroatoms. The monoisotopic (exact) mass is 426 g/mol. The van der Waals surface area contributed by atoms with Gasteiger partial charge in [-0.05, 0) is 48.4 Å². The van der Waals surface area contributed by atoms with Crippen LogP contribution in [0.3, 0.4) is 0 Å². The molecule has 2 aromatic heterocycles. The molecule has 0 atom stereocenters. The summed E-state index contributed by atoms with van der Waals surface area (Å²) < 4.78 is 40.3.